The Bertz CT molecular complexity index is 849. The summed E-state index contributed by atoms with van der Waals surface area (Å²) in [4.78, 5) is 6.26. The number of thiocarbonyl (C=S) groups is 2. The molecule has 3 aromatic carbocycles. The van der Waals surface area contributed by atoms with Gasteiger partial charge in [0.25, 0.3) is 0 Å². The van der Waals surface area contributed by atoms with Gasteiger partial charge in [-0.25, -0.2) is 0 Å². The molecule has 0 aliphatic rings. The van der Waals surface area contributed by atoms with Crippen molar-refractivity contribution in [2.75, 3.05) is 23.9 Å². The van der Waals surface area contributed by atoms with E-state index in [-0.39, 0.29) is 0 Å². The Morgan fingerprint density at radius 3 is 1.21 bits per heavy atom. The maximum atomic E-state index is 5.59. The molecule has 0 heterocycles. The number of hydrogen-bond donors (Lipinski definition) is 0. The van der Waals surface area contributed by atoms with E-state index >= 15 is 0 Å². The molecule has 0 saturated carbocycles. The van der Waals surface area contributed by atoms with E-state index in [4.69, 9.17) is 24.4 Å². The van der Waals surface area contributed by atoms with Crippen LogP contribution in [0.5, 0.6) is 0 Å². The lowest BCUT2D eigenvalue weighted by atomic mass is 10.3. The second-order valence-electron chi connectivity index (χ2n) is 6.00. The van der Waals surface area contributed by atoms with Crippen molar-refractivity contribution in [3.63, 3.8) is 0 Å². The van der Waals surface area contributed by atoms with Crippen molar-refractivity contribution in [1.29, 1.82) is 0 Å². The number of rotatable bonds is 4. The zero-order valence-corrected chi connectivity index (χ0v) is 18.9. The van der Waals surface area contributed by atoms with E-state index in [9.17, 15) is 0 Å². The number of anilines is 2. The minimum Gasteiger partial charge on any atom is -0.330 e. The normalized spacial score (nSPS) is 10.4. The molecular formula is C22H20N2S4. The van der Waals surface area contributed by atoms with Gasteiger partial charge in [0.1, 0.15) is 8.64 Å². The summed E-state index contributed by atoms with van der Waals surface area (Å²) >= 11 is 14.3. The van der Waals surface area contributed by atoms with Gasteiger partial charge in [0.05, 0.1) is 0 Å². The van der Waals surface area contributed by atoms with E-state index in [1.807, 2.05) is 60.3 Å². The van der Waals surface area contributed by atoms with Crippen LogP contribution < -0.4 is 9.80 Å². The van der Waals surface area contributed by atoms with Gasteiger partial charge in [-0.1, -0.05) is 84.4 Å². The summed E-state index contributed by atoms with van der Waals surface area (Å²) in [7, 11) is 3.99. The van der Waals surface area contributed by atoms with Gasteiger partial charge in [0.15, 0.2) is 0 Å². The van der Waals surface area contributed by atoms with E-state index < -0.39 is 0 Å². The molecule has 0 radical (unpaired) electrons. The maximum Gasteiger partial charge on any atom is 0.145 e. The molecule has 0 spiro atoms. The zero-order chi connectivity index (χ0) is 19.9. The summed E-state index contributed by atoms with van der Waals surface area (Å²) in [5.74, 6) is 0. The zero-order valence-electron chi connectivity index (χ0n) is 15.6. The van der Waals surface area contributed by atoms with E-state index in [1.54, 1.807) is 23.5 Å². The number of hydrogen-bond acceptors (Lipinski definition) is 4. The number of thioether (sulfide) groups is 2. The van der Waals surface area contributed by atoms with Gasteiger partial charge in [0, 0.05) is 35.3 Å². The minimum absolute atomic E-state index is 0.811. The summed E-state index contributed by atoms with van der Waals surface area (Å²) in [5.41, 5.74) is 2.17. The molecule has 28 heavy (non-hydrogen) atoms. The summed E-state index contributed by atoms with van der Waals surface area (Å²) in [6.45, 7) is 0. The molecule has 0 N–H and O–H groups in total. The third-order valence-corrected chi connectivity index (χ3v) is 7.03. The summed E-state index contributed by atoms with van der Waals surface area (Å²) in [5, 5.41) is 0. The molecule has 3 rings (SSSR count). The molecule has 0 fully saturated rings. The first-order valence-electron chi connectivity index (χ1n) is 8.66. The highest BCUT2D eigenvalue weighted by molar-refractivity contribution is 8.23. The first-order valence-corrected chi connectivity index (χ1v) is 11.1. The third kappa shape index (κ3) is 5.58. The Labute approximate surface area is 185 Å². The molecule has 0 saturated heterocycles. The van der Waals surface area contributed by atoms with Crippen molar-refractivity contribution in [3.8, 4) is 0 Å². The van der Waals surface area contributed by atoms with E-state index in [2.05, 4.69) is 48.5 Å². The Morgan fingerprint density at radius 2 is 0.893 bits per heavy atom. The third-order valence-electron chi connectivity index (χ3n) is 4.07. The van der Waals surface area contributed by atoms with Crippen LogP contribution in [0.15, 0.2) is 94.7 Å². The fourth-order valence-corrected chi connectivity index (χ4v) is 4.65. The highest BCUT2D eigenvalue weighted by Crippen LogP contribution is 2.29. The summed E-state index contributed by atoms with van der Waals surface area (Å²) in [6, 6.07) is 28.6. The quantitative estimate of drug-likeness (QED) is 0.326. The molecule has 0 bridgehead atoms. The highest BCUT2D eigenvalue weighted by Gasteiger charge is 2.11. The van der Waals surface area contributed by atoms with Crippen LogP contribution in [0.3, 0.4) is 0 Å². The SMILES string of the molecule is CN(C(=S)Sc1ccc(SC(=S)N(C)c2ccccc2)cc1)c1ccccc1. The van der Waals surface area contributed by atoms with Crippen LogP contribution in [0.2, 0.25) is 0 Å². The van der Waals surface area contributed by atoms with Crippen LogP contribution in [0.25, 0.3) is 0 Å². The van der Waals surface area contributed by atoms with Crippen molar-refractivity contribution in [2.45, 2.75) is 9.79 Å². The molecule has 0 unspecified atom stereocenters. The van der Waals surface area contributed by atoms with Gasteiger partial charge in [-0.2, -0.15) is 0 Å². The fourth-order valence-electron chi connectivity index (χ4n) is 2.43. The molecule has 142 valence electrons. The Balaban J connectivity index is 1.59. The lowest BCUT2D eigenvalue weighted by molar-refractivity contribution is 1.30. The maximum absolute atomic E-state index is 5.59. The second kappa shape index (κ2) is 10.1. The van der Waals surface area contributed by atoms with Gasteiger partial charge >= 0.3 is 0 Å². The lowest BCUT2D eigenvalue weighted by Gasteiger charge is -2.20. The van der Waals surface area contributed by atoms with Crippen molar-refractivity contribution in [3.05, 3.63) is 84.9 Å². The molecule has 0 aromatic heterocycles. The van der Waals surface area contributed by atoms with Crippen molar-refractivity contribution in [1.82, 2.24) is 0 Å². The fraction of sp³-hybridized carbons (Fsp3) is 0.0909. The van der Waals surface area contributed by atoms with E-state index in [0.29, 0.717) is 0 Å². The molecule has 0 atom stereocenters. The van der Waals surface area contributed by atoms with Crippen LogP contribution in [-0.2, 0) is 0 Å². The number of para-hydroxylation sites is 2. The van der Waals surface area contributed by atoms with Gasteiger partial charge in [-0.3, -0.25) is 0 Å². The Hall–Kier alpha value is -1.86. The largest absolute Gasteiger partial charge is 0.330 e. The predicted molar refractivity (Wildman–Crippen MR) is 133 cm³/mol. The van der Waals surface area contributed by atoms with Crippen molar-refractivity contribution in [2.24, 2.45) is 0 Å². The Kier molecular flexibility index (Phi) is 7.50. The first kappa shape index (κ1) is 20.9. The standard InChI is InChI=1S/C22H20N2S4/c1-23(17-9-5-3-6-10-17)21(25)27-19-13-15-20(16-14-19)28-22(26)24(2)18-11-7-4-8-12-18/h3-16H,1-2H3. The lowest BCUT2D eigenvalue weighted by Crippen LogP contribution is -2.21. The second-order valence-corrected chi connectivity index (χ2v) is 9.41. The topological polar surface area (TPSA) is 6.48 Å². The van der Waals surface area contributed by atoms with Crippen LogP contribution in [0, 0.1) is 0 Å². The molecule has 2 nitrogen and oxygen atoms in total. The smallest absolute Gasteiger partial charge is 0.145 e. The van der Waals surface area contributed by atoms with Crippen LogP contribution >= 0.6 is 48.0 Å². The number of nitrogens with zero attached hydrogens (tertiary/aromatic N) is 2. The average molecular weight is 441 g/mol. The van der Waals surface area contributed by atoms with Gasteiger partial charge in [-0.15, -0.1) is 0 Å². The monoisotopic (exact) mass is 440 g/mol. The van der Waals surface area contributed by atoms with Gasteiger partial charge < -0.3 is 9.80 Å². The first-order chi connectivity index (χ1) is 13.5. The van der Waals surface area contributed by atoms with Crippen LogP contribution in [0.1, 0.15) is 0 Å². The van der Waals surface area contributed by atoms with Gasteiger partial charge in [-0.05, 0) is 48.5 Å². The average Bonchev–Trinajstić information content (AvgIpc) is 2.75. The Morgan fingerprint density at radius 1 is 0.571 bits per heavy atom. The molecule has 6 heteroatoms. The van der Waals surface area contributed by atoms with E-state index in [1.165, 1.54) is 0 Å². The molecule has 0 aliphatic carbocycles. The van der Waals surface area contributed by atoms with Crippen LogP contribution in [-0.4, -0.2) is 22.7 Å². The van der Waals surface area contributed by atoms with Crippen LogP contribution in [0.4, 0.5) is 11.4 Å². The van der Waals surface area contributed by atoms with Crippen molar-refractivity contribution >= 4 is 68.0 Å². The summed E-state index contributed by atoms with van der Waals surface area (Å²) in [6.07, 6.45) is 0. The highest BCUT2D eigenvalue weighted by atomic mass is 32.2. The molecule has 3 aromatic rings. The predicted octanol–water partition coefficient (Wildman–Crippen LogP) is 6.71. The van der Waals surface area contributed by atoms with E-state index in [0.717, 1.165) is 29.8 Å². The van der Waals surface area contributed by atoms with Gasteiger partial charge in [0.2, 0.25) is 0 Å². The minimum atomic E-state index is 0.811. The summed E-state index contributed by atoms with van der Waals surface area (Å²) < 4.78 is 1.62. The van der Waals surface area contributed by atoms with Crippen molar-refractivity contribution < 1.29 is 0 Å². The molecular weight excluding hydrogens is 421 g/mol. The molecule has 0 aliphatic heterocycles. The molecule has 0 amide bonds. The number of benzene rings is 3.